The number of rotatable bonds is 10. The summed E-state index contributed by atoms with van der Waals surface area (Å²) >= 11 is 0. The normalized spacial score (nSPS) is 12.3. The summed E-state index contributed by atoms with van der Waals surface area (Å²) < 4.78 is 12.5. The topological polar surface area (TPSA) is 25.6 Å². The molecule has 2 aromatic heterocycles. The lowest BCUT2D eigenvalue weighted by Gasteiger charge is -2.42. The van der Waals surface area contributed by atoms with Gasteiger partial charge >= 0.3 is 0 Å². The Hall–Kier alpha value is -11.9. The average molecular weight is 1150 g/mol. The Bertz CT molecular complexity index is 5250. The van der Waals surface area contributed by atoms with Crippen LogP contribution in [0.2, 0.25) is 0 Å². The van der Waals surface area contributed by atoms with Crippen molar-refractivity contribution in [2.24, 2.45) is 0 Å². The summed E-state index contributed by atoms with van der Waals surface area (Å²) in [4.78, 5) is 4.93. The van der Waals surface area contributed by atoms with Crippen molar-refractivity contribution in [3.63, 3.8) is 0 Å². The lowest BCUT2D eigenvalue weighted by Crippen LogP contribution is -2.59. The van der Waals surface area contributed by atoms with Crippen molar-refractivity contribution in [1.29, 1.82) is 0 Å². The highest BCUT2D eigenvalue weighted by molar-refractivity contribution is 6.99. The minimum Gasteiger partial charge on any atom is -0.458 e. The zero-order chi connectivity index (χ0) is 59.2. The fraction of sp³-hybridized carbons (Fsp3) is 0. The Labute approximate surface area is 522 Å². The number of para-hydroxylation sites is 6. The molecule has 14 aromatic carbocycles. The first-order valence-corrected chi connectivity index (χ1v) is 30.9. The van der Waals surface area contributed by atoms with Gasteiger partial charge in [0.05, 0.1) is 33.4 Å². The molecule has 0 amide bonds. The van der Waals surface area contributed by atoms with Crippen molar-refractivity contribution >= 4 is 101 Å². The molecule has 16 aromatic rings. The summed E-state index contributed by atoms with van der Waals surface area (Å²) in [5.74, 6) is 1.65. The zero-order valence-corrected chi connectivity index (χ0v) is 49.0. The number of anilines is 6. The molecule has 90 heavy (non-hydrogen) atoms. The van der Waals surface area contributed by atoms with Gasteiger partial charge in [-0.05, 0) is 141 Å². The van der Waals surface area contributed by atoms with Crippen LogP contribution in [0.4, 0.5) is 34.1 Å². The van der Waals surface area contributed by atoms with Gasteiger partial charge in [-0.1, -0.05) is 231 Å². The van der Waals surface area contributed by atoms with Crippen LogP contribution in [0.15, 0.2) is 334 Å². The highest BCUT2D eigenvalue weighted by Crippen LogP contribution is 2.52. The Kier molecular flexibility index (Phi) is 12.0. The second kappa shape index (κ2) is 20.9. The first-order valence-electron chi connectivity index (χ1n) is 30.9. The largest absolute Gasteiger partial charge is 0.458 e. The second-order valence-electron chi connectivity index (χ2n) is 23.6. The van der Waals surface area contributed by atoms with Crippen molar-refractivity contribution in [3.05, 3.63) is 334 Å². The van der Waals surface area contributed by atoms with Gasteiger partial charge in [0.15, 0.2) is 0 Å². The lowest BCUT2D eigenvalue weighted by atomic mass is 9.34. The van der Waals surface area contributed by atoms with Gasteiger partial charge in [-0.3, -0.25) is 0 Å². The molecule has 0 spiro atoms. The number of benzene rings is 14. The summed E-state index contributed by atoms with van der Waals surface area (Å²) in [5, 5.41) is 4.83. The van der Waals surface area contributed by atoms with Gasteiger partial charge in [0.25, 0.3) is 6.71 Å². The highest BCUT2D eigenvalue weighted by Gasteiger charge is 2.44. The Balaban J connectivity index is 0.932. The molecule has 0 saturated heterocycles. The molecule has 0 N–H and O–H groups in total. The van der Waals surface area contributed by atoms with E-state index in [0.717, 1.165) is 134 Å². The van der Waals surface area contributed by atoms with Crippen molar-refractivity contribution < 1.29 is 4.74 Å². The standard InChI is InChI=1S/C84H55BN4O/c1-6-24-56(25-7-1)61-50-71(58-26-8-2-9-27-58)84(72(51-61)59-28-10-3-11-29-59)89-79-52-60(57-42-45-64(46-43-57)86(62-30-12-4-13-31-62)63-32-14-5-15-33-63)44-48-73(79)85-74-49-47-65(87-75-38-20-16-34-67(75)68-35-17-21-39-76(68)87)54-81(74)90-82-55-66(53-80(89)83(82)85)88-77-40-22-18-36-69(77)70-37-19-23-41-78(70)88/h1-55H. The Morgan fingerprint density at radius 2 is 0.689 bits per heavy atom. The minimum absolute atomic E-state index is 0.213. The van der Waals surface area contributed by atoms with Crippen LogP contribution >= 0.6 is 0 Å². The number of aromatic nitrogens is 2. The molecular formula is C84H55BN4O. The quantitative estimate of drug-likeness (QED) is 0.128. The van der Waals surface area contributed by atoms with E-state index in [1.807, 2.05) is 0 Å². The van der Waals surface area contributed by atoms with Gasteiger partial charge in [0, 0.05) is 78.9 Å². The van der Waals surface area contributed by atoms with E-state index < -0.39 is 0 Å². The molecule has 2 aliphatic heterocycles. The van der Waals surface area contributed by atoms with Crippen LogP contribution in [-0.2, 0) is 0 Å². The molecule has 6 heteroatoms. The van der Waals surface area contributed by atoms with E-state index in [1.165, 1.54) is 27.0 Å². The SMILES string of the molecule is c1ccc(-c2cc(-c3ccccc3)c(N3c4cc(-c5ccc(N(c6ccccc6)c6ccccc6)cc5)ccc4B4c5ccc(-n6c7ccccc7c7ccccc76)cc5Oc5cc(-n6c7ccccc7c7ccccc76)cc3c54)c(-c3ccccc3)c2)cc1. The van der Waals surface area contributed by atoms with Crippen LogP contribution in [0.3, 0.4) is 0 Å². The molecule has 0 fully saturated rings. The monoisotopic (exact) mass is 1150 g/mol. The molecule has 0 radical (unpaired) electrons. The molecule has 0 saturated carbocycles. The van der Waals surface area contributed by atoms with Crippen LogP contribution in [0.25, 0.3) is 99.5 Å². The number of nitrogens with zero attached hydrogens (tertiary/aromatic N) is 4. The van der Waals surface area contributed by atoms with Crippen LogP contribution in [0.1, 0.15) is 0 Å². The van der Waals surface area contributed by atoms with E-state index >= 15 is 0 Å². The minimum atomic E-state index is -0.213. The molecule has 18 rings (SSSR count). The van der Waals surface area contributed by atoms with E-state index in [-0.39, 0.29) is 6.71 Å². The fourth-order valence-corrected chi connectivity index (χ4v) is 14.6. The maximum atomic E-state index is 7.69. The predicted molar refractivity (Wildman–Crippen MR) is 377 cm³/mol. The average Bonchev–Trinajstić information content (AvgIpc) is 0.742. The molecule has 2 aliphatic rings. The second-order valence-corrected chi connectivity index (χ2v) is 23.6. The zero-order valence-electron chi connectivity index (χ0n) is 49.0. The van der Waals surface area contributed by atoms with Crippen LogP contribution in [0.5, 0.6) is 11.5 Å². The number of hydrogen-bond acceptors (Lipinski definition) is 3. The van der Waals surface area contributed by atoms with Crippen LogP contribution < -0.4 is 30.9 Å². The number of ether oxygens (including phenoxy) is 1. The number of fused-ring (bicyclic) bond motifs is 10. The molecule has 0 aliphatic carbocycles. The molecule has 4 heterocycles. The van der Waals surface area contributed by atoms with Gasteiger partial charge in [-0.2, -0.15) is 0 Å². The van der Waals surface area contributed by atoms with Gasteiger partial charge in [0.1, 0.15) is 11.5 Å². The van der Waals surface area contributed by atoms with Crippen molar-refractivity contribution in [1.82, 2.24) is 9.13 Å². The third-order valence-electron chi connectivity index (χ3n) is 18.5. The molecule has 0 bridgehead atoms. The van der Waals surface area contributed by atoms with E-state index in [0.29, 0.717) is 0 Å². The van der Waals surface area contributed by atoms with Crippen molar-refractivity contribution in [2.75, 3.05) is 9.80 Å². The molecule has 420 valence electrons. The van der Waals surface area contributed by atoms with Gasteiger partial charge < -0.3 is 23.7 Å². The summed E-state index contributed by atoms with van der Waals surface area (Å²) in [5.41, 5.74) is 25.5. The van der Waals surface area contributed by atoms with Crippen molar-refractivity contribution in [3.8, 4) is 67.4 Å². The van der Waals surface area contributed by atoms with E-state index in [2.05, 4.69) is 353 Å². The number of hydrogen-bond donors (Lipinski definition) is 0. The summed E-state index contributed by atoms with van der Waals surface area (Å²) in [7, 11) is 0. The molecule has 0 atom stereocenters. The van der Waals surface area contributed by atoms with E-state index in [4.69, 9.17) is 4.74 Å². The van der Waals surface area contributed by atoms with Crippen LogP contribution in [-0.4, -0.2) is 15.8 Å². The first-order chi connectivity index (χ1) is 44.7. The Morgan fingerprint density at radius 1 is 0.278 bits per heavy atom. The van der Waals surface area contributed by atoms with E-state index in [9.17, 15) is 0 Å². The lowest BCUT2D eigenvalue weighted by molar-refractivity contribution is 0.487. The third-order valence-corrected chi connectivity index (χ3v) is 18.5. The summed E-state index contributed by atoms with van der Waals surface area (Å²) in [6, 6.07) is 122. The molecule has 5 nitrogen and oxygen atoms in total. The highest BCUT2D eigenvalue weighted by atomic mass is 16.5. The van der Waals surface area contributed by atoms with Crippen LogP contribution in [0, 0.1) is 0 Å². The first kappa shape index (κ1) is 51.4. The maximum Gasteiger partial charge on any atom is 0.256 e. The van der Waals surface area contributed by atoms with E-state index in [1.54, 1.807) is 0 Å². The smallest absolute Gasteiger partial charge is 0.256 e. The van der Waals surface area contributed by atoms with Gasteiger partial charge in [-0.15, -0.1) is 0 Å². The molecule has 0 unspecified atom stereocenters. The Morgan fingerprint density at radius 3 is 1.21 bits per heavy atom. The molecular weight excluding hydrogens is 1090 g/mol. The summed E-state index contributed by atoms with van der Waals surface area (Å²) in [6.45, 7) is -0.213. The van der Waals surface area contributed by atoms with Crippen molar-refractivity contribution in [2.45, 2.75) is 0 Å². The van der Waals surface area contributed by atoms with Gasteiger partial charge in [0.2, 0.25) is 0 Å². The fourth-order valence-electron chi connectivity index (χ4n) is 14.6. The summed E-state index contributed by atoms with van der Waals surface area (Å²) in [6.07, 6.45) is 0. The third kappa shape index (κ3) is 8.26. The predicted octanol–water partition coefficient (Wildman–Crippen LogP) is 20.4. The van der Waals surface area contributed by atoms with Gasteiger partial charge in [-0.25, -0.2) is 0 Å². The maximum absolute atomic E-state index is 7.69.